The molecule has 1 aliphatic rings. The Bertz CT molecular complexity index is 383. The number of nitrogens with zero attached hydrogens (tertiary/aromatic N) is 1. The van der Waals surface area contributed by atoms with E-state index in [2.05, 4.69) is 4.98 Å². The van der Waals surface area contributed by atoms with Crippen molar-refractivity contribution in [3.63, 3.8) is 0 Å². The summed E-state index contributed by atoms with van der Waals surface area (Å²) in [6.07, 6.45) is 4.99. The summed E-state index contributed by atoms with van der Waals surface area (Å²) in [6.45, 7) is 2.04. The van der Waals surface area contributed by atoms with Crippen LogP contribution in [-0.2, 0) is 16.6 Å². The number of carboxylic acids is 1. The molecule has 15 heavy (non-hydrogen) atoms. The number of aliphatic carboxylic acids is 1. The van der Waals surface area contributed by atoms with Crippen LogP contribution in [0.4, 0.5) is 0 Å². The molecule has 1 N–H and O–H groups in total. The van der Waals surface area contributed by atoms with Gasteiger partial charge < -0.3 is 5.11 Å². The van der Waals surface area contributed by atoms with E-state index in [4.69, 9.17) is 0 Å². The monoisotopic (exact) mass is 205 g/mol. The standard InChI is InChI=1S/C12H15NO2/c1-2-9-5-3-8-13-10(9)12(11(14)15)6-4-7-12/h3,5,8H,2,4,6-7H2,1H3,(H,14,15). The molecule has 0 unspecified atom stereocenters. The molecule has 1 aromatic rings. The van der Waals surface area contributed by atoms with Crippen LogP contribution in [0.1, 0.15) is 37.4 Å². The van der Waals surface area contributed by atoms with Crippen LogP contribution in [0.3, 0.4) is 0 Å². The largest absolute Gasteiger partial charge is 0.481 e. The quantitative estimate of drug-likeness (QED) is 0.822. The minimum absolute atomic E-state index is 0.688. The van der Waals surface area contributed by atoms with E-state index >= 15 is 0 Å². The van der Waals surface area contributed by atoms with Crippen LogP contribution in [-0.4, -0.2) is 16.1 Å². The average Bonchev–Trinajstić information content (AvgIpc) is 2.16. The van der Waals surface area contributed by atoms with Crippen molar-refractivity contribution in [3.05, 3.63) is 29.6 Å². The van der Waals surface area contributed by atoms with Gasteiger partial charge in [0.25, 0.3) is 0 Å². The lowest BCUT2D eigenvalue weighted by molar-refractivity contribution is -0.147. The Hall–Kier alpha value is -1.38. The molecule has 1 heterocycles. The summed E-state index contributed by atoms with van der Waals surface area (Å²) in [7, 11) is 0. The van der Waals surface area contributed by atoms with Gasteiger partial charge in [0.1, 0.15) is 5.41 Å². The molecule has 0 aliphatic heterocycles. The molecule has 1 fully saturated rings. The molecule has 0 saturated heterocycles. The number of aromatic nitrogens is 1. The van der Waals surface area contributed by atoms with E-state index in [1.54, 1.807) is 6.20 Å². The van der Waals surface area contributed by atoms with Crippen LogP contribution in [0.2, 0.25) is 0 Å². The molecule has 80 valence electrons. The highest BCUT2D eigenvalue weighted by Crippen LogP contribution is 2.44. The molecule has 0 bridgehead atoms. The van der Waals surface area contributed by atoms with Crippen LogP contribution < -0.4 is 0 Å². The van der Waals surface area contributed by atoms with Crippen LogP contribution in [0.25, 0.3) is 0 Å². The number of rotatable bonds is 3. The average molecular weight is 205 g/mol. The number of hydrogen-bond acceptors (Lipinski definition) is 2. The molecule has 0 amide bonds. The summed E-state index contributed by atoms with van der Waals surface area (Å²) in [5.74, 6) is -0.720. The normalized spacial score (nSPS) is 18.2. The molecule has 3 heteroatoms. The van der Waals surface area contributed by atoms with E-state index < -0.39 is 11.4 Å². The van der Waals surface area contributed by atoms with Crippen molar-refractivity contribution in [2.45, 2.75) is 38.0 Å². The van der Waals surface area contributed by atoms with Gasteiger partial charge in [-0.3, -0.25) is 9.78 Å². The maximum atomic E-state index is 11.3. The van der Waals surface area contributed by atoms with Gasteiger partial charge in [-0.1, -0.05) is 19.4 Å². The van der Waals surface area contributed by atoms with Gasteiger partial charge >= 0.3 is 5.97 Å². The Balaban J connectivity index is 2.47. The molecule has 0 radical (unpaired) electrons. The maximum absolute atomic E-state index is 11.3. The molecular formula is C12H15NO2. The number of pyridine rings is 1. The predicted molar refractivity (Wildman–Crippen MR) is 56.8 cm³/mol. The van der Waals surface area contributed by atoms with Crippen molar-refractivity contribution in [1.29, 1.82) is 0 Å². The van der Waals surface area contributed by atoms with Crippen LogP contribution in [0.5, 0.6) is 0 Å². The van der Waals surface area contributed by atoms with Gasteiger partial charge in [0.2, 0.25) is 0 Å². The summed E-state index contributed by atoms with van der Waals surface area (Å²) in [4.78, 5) is 15.6. The topological polar surface area (TPSA) is 50.2 Å². The van der Waals surface area contributed by atoms with Gasteiger partial charge in [-0.2, -0.15) is 0 Å². The minimum atomic E-state index is -0.720. The van der Waals surface area contributed by atoms with E-state index in [1.165, 1.54) is 0 Å². The van der Waals surface area contributed by atoms with Gasteiger partial charge in [0.05, 0.1) is 5.69 Å². The third-order valence-electron chi connectivity index (χ3n) is 3.34. The van der Waals surface area contributed by atoms with Gasteiger partial charge in [-0.25, -0.2) is 0 Å². The highest BCUT2D eigenvalue weighted by molar-refractivity contribution is 5.82. The SMILES string of the molecule is CCc1cccnc1C1(C(=O)O)CCC1. The fourth-order valence-electron chi connectivity index (χ4n) is 2.24. The highest BCUT2D eigenvalue weighted by Gasteiger charge is 2.48. The number of hydrogen-bond donors (Lipinski definition) is 1. The second-order valence-corrected chi connectivity index (χ2v) is 4.11. The van der Waals surface area contributed by atoms with Gasteiger partial charge in [-0.05, 0) is 30.9 Å². The van der Waals surface area contributed by atoms with Crippen molar-refractivity contribution in [2.75, 3.05) is 0 Å². The van der Waals surface area contributed by atoms with Gasteiger partial charge in [0.15, 0.2) is 0 Å². The first kappa shape index (κ1) is 10.1. The molecule has 1 saturated carbocycles. The van der Waals surface area contributed by atoms with Crippen molar-refractivity contribution in [3.8, 4) is 0 Å². The summed E-state index contributed by atoms with van der Waals surface area (Å²) < 4.78 is 0. The zero-order chi connectivity index (χ0) is 10.9. The molecule has 1 aliphatic carbocycles. The minimum Gasteiger partial charge on any atom is -0.481 e. The highest BCUT2D eigenvalue weighted by atomic mass is 16.4. The zero-order valence-electron chi connectivity index (χ0n) is 8.86. The Kier molecular flexibility index (Phi) is 2.47. The summed E-state index contributed by atoms with van der Waals surface area (Å²) >= 11 is 0. The smallest absolute Gasteiger partial charge is 0.315 e. The number of carbonyl (C=O) groups is 1. The van der Waals surface area contributed by atoms with E-state index in [9.17, 15) is 9.90 Å². The first-order valence-electron chi connectivity index (χ1n) is 5.38. The van der Waals surface area contributed by atoms with E-state index in [1.807, 2.05) is 19.1 Å². The third-order valence-corrected chi connectivity index (χ3v) is 3.34. The first-order valence-corrected chi connectivity index (χ1v) is 5.38. The lowest BCUT2D eigenvalue weighted by Crippen LogP contribution is -2.43. The summed E-state index contributed by atoms with van der Waals surface area (Å²) in [6, 6.07) is 3.85. The molecule has 0 atom stereocenters. The van der Waals surface area contributed by atoms with Crippen molar-refractivity contribution in [2.24, 2.45) is 0 Å². The van der Waals surface area contributed by atoms with Gasteiger partial charge in [-0.15, -0.1) is 0 Å². The van der Waals surface area contributed by atoms with E-state index in [0.29, 0.717) is 0 Å². The third kappa shape index (κ3) is 1.42. The lowest BCUT2D eigenvalue weighted by atomic mass is 9.65. The van der Waals surface area contributed by atoms with Crippen molar-refractivity contribution in [1.82, 2.24) is 4.98 Å². The van der Waals surface area contributed by atoms with E-state index in [-0.39, 0.29) is 0 Å². The second kappa shape index (κ2) is 3.65. The predicted octanol–water partition coefficient (Wildman–Crippen LogP) is 2.15. The number of aryl methyl sites for hydroxylation is 1. The molecule has 0 spiro atoms. The first-order chi connectivity index (χ1) is 7.20. The fraction of sp³-hybridized carbons (Fsp3) is 0.500. The van der Waals surface area contributed by atoms with Gasteiger partial charge in [0, 0.05) is 6.20 Å². The van der Waals surface area contributed by atoms with Crippen molar-refractivity contribution < 1.29 is 9.90 Å². The second-order valence-electron chi connectivity index (χ2n) is 4.11. The molecular weight excluding hydrogens is 190 g/mol. The molecule has 3 nitrogen and oxygen atoms in total. The zero-order valence-corrected chi connectivity index (χ0v) is 8.86. The summed E-state index contributed by atoms with van der Waals surface area (Å²) in [5, 5.41) is 9.32. The summed E-state index contributed by atoms with van der Waals surface area (Å²) in [5.41, 5.74) is 1.16. The molecule has 2 rings (SSSR count). The molecule has 1 aromatic heterocycles. The number of carboxylic acid groups (broad SMARTS) is 1. The molecule has 0 aromatic carbocycles. The maximum Gasteiger partial charge on any atom is 0.315 e. The lowest BCUT2D eigenvalue weighted by Gasteiger charge is -2.38. The Morgan fingerprint density at radius 1 is 1.60 bits per heavy atom. The van der Waals surface area contributed by atoms with Crippen LogP contribution >= 0.6 is 0 Å². The Morgan fingerprint density at radius 3 is 2.80 bits per heavy atom. The van der Waals surface area contributed by atoms with Crippen molar-refractivity contribution >= 4 is 5.97 Å². The van der Waals surface area contributed by atoms with E-state index in [0.717, 1.165) is 36.9 Å². The Morgan fingerprint density at radius 2 is 2.33 bits per heavy atom. The Labute approximate surface area is 89.2 Å². The van der Waals surface area contributed by atoms with Crippen LogP contribution in [0.15, 0.2) is 18.3 Å². The fourth-order valence-corrected chi connectivity index (χ4v) is 2.24. The van der Waals surface area contributed by atoms with Crippen LogP contribution in [0, 0.1) is 0 Å².